The van der Waals surface area contributed by atoms with E-state index in [1.807, 2.05) is 0 Å². The third kappa shape index (κ3) is 8.83. The topological polar surface area (TPSA) is 0 Å². The number of hydrogen-bond acceptors (Lipinski definition) is 0. The van der Waals surface area contributed by atoms with Crippen LogP contribution in [0.5, 0.6) is 0 Å². The summed E-state index contributed by atoms with van der Waals surface area (Å²) in [5, 5.41) is 0. The third-order valence-electron chi connectivity index (χ3n) is 0. The maximum atomic E-state index is 0. The van der Waals surface area contributed by atoms with Crippen molar-refractivity contribution in [2.45, 2.75) is 0 Å². The molecule has 0 aliphatic rings. The number of rotatable bonds is 0. The van der Waals surface area contributed by atoms with Gasteiger partial charge < -0.3 is 0 Å². The largest absolute Gasteiger partial charge is 0 e. The van der Waals surface area contributed by atoms with Crippen LogP contribution in [0.4, 0.5) is 0 Å². The molecule has 0 aliphatic carbocycles. The van der Waals surface area contributed by atoms with E-state index in [0.717, 1.165) is 0 Å². The average molecular weight is 352 g/mol. The molecular formula is AgCuInZn. The molecule has 0 fully saturated rings. The summed E-state index contributed by atoms with van der Waals surface area (Å²) < 4.78 is 0. The van der Waals surface area contributed by atoms with Crippen LogP contribution in [0.3, 0.4) is 0 Å². The van der Waals surface area contributed by atoms with Crippen molar-refractivity contribution in [1.82, 2.24) is 0 Å². The standard InChI is InChI=1S/Ag.Cu.In.Zn. The molecular weight excluding hydrogens is 352 g/mol. The first kappa shape index (κ1) is 29.5. The summed E-state index contributed by atoms with van der Waals surface area (Å²) in [6.07, 6.45) is 0. The van der Waals surface area contributed by atoms with Crippen molar-refractivity contribution in [2.24, 2.45) is 0 Å². The summed E-state index contributed by atoms with van der Waals surface area (Å²) in [7, 11) is 0. The molecule has 5 radical (unpaired) electrons. The Hall–Kier alpha value is 2.75. The first-order valence-electron chi connectivity index (χ1n) is 0. The van der Waals surface area contributed by atoms with E-state index in [2.05, 4.69) is 0 Å². The summed E-state index contributed by atoms with van der Waals surface area (Å²) in [6, 6.07) is 0. The molecule has 0 aliphatic heterocycles. The quantitative estimate of drug-likeness (QED) is 0.522. The summed E-state index contributed by atoms with van der Waals surface area (Å²) in [5.74, 6) is 0. The maximum absolute atomic E-state index is 0. The molecule has 0 aromatic heterocycles. The van der Waals surface area contributed by atoms with Gasteiger partial charge in [0.1, 0.15) is 0 Å². The van der Waals surface area contributed by atoms with Crippen LogP contribution in [-0.4, -0.2) is 25.8 Å². The average Bonchev–Trinajstić information content (AvgIpc) is 0. The minimum absolute atomic E-state index is 0. The van der Waals surface area contributed by atoms with Crippen molar-refractivity contribution in [3.63, 3.8) is 0 Å². The van der Waals surface area contributed by atoms with Crippen LogP contribution in [0, 0.1) is 0 Å². The molecule has 0 nitrogen and oxygen atoms in total. The second-order valence-electron chi connectivity index (χ2n) is 0. The van der Waals surface area contributed by atoms with Crippen LogP contribution >= 0.6 is 0 Å². The molecule has 0 amide bonds. The summed E-state index contributed by atoms with van der Waals surface area (Å²) in [4.78, 5) is 0. The Morgan fingerprint density at radius 1 is 1.00 bits per heavy atom. The Bertz CT molecular complexity index is 8.00. The van der Waals surface area contributed by atoms with Crippen LogP contribution < -0.4 is 0 Å². The zero-order chi connectivity index (χ0) is 0. The molecule has 0 saturated heterocycles. The van der Waals surface area contributed by atoms with E-state index in [0.29, 0.717) is 0 Å². The van der Waals surface area contributed by atoms with Gasteiger partial charge in [-0.05, 0) is 0 Å². The molecule has 4 heavy (non-hydrogen) atoms. The first-order valence-corrected chi connectivity index (χ1v) is 0. The molecule has 0 heterocycles. The third-order valence-corrected chi connectivity index (χ3v) is 0. The summed E-state index contributed by atoms with van der Waals surface area (Å²) >= 11 is 0. The van der Waals surface area contributed by atoms with Gasteiger partial charge in [-0.3, -0.25) is 0 Å². The van der Waals surface area contributed by atoms with Crippen molar-refractivity contribution >= 4 is 25.8 Å². The molecule has 0 aromatic carbocycles. The maximum Gasteiger partial charge on any atom is 0 e. The Balaban J connectivity index is 0. The van der Waals surface area contributed by atoms with E-state index in [1.165, 1.54) is 0 Å². The van der Waals surface area contributed by atoms with E-state index in [9.17, 15) is 0 Å². The van der Waals surface area contributed by atoms with Crippen LogP contribution in [0.1, 0.15) is 0 Å². The molecule has 0 rings (SSSR count). The zero-order valence-corrected chi connectivity index (χ0v) is 10.6. The van der Waals surface area contributed by atoms with Crippen molar-refractivity contribution in [1.29, 1.82) is 0 Å². The second kappa shape index (κ2) is 17.1. The Labute approximate surface area is 83.4 Å². The van der Waals surface area contributed by atoms with Crippen LogP contribution in [0.15, 0.2) is 0 Å². The molecule has 0 N–H and O–H groups in total. The molecule has 0 saturated carbocycles. The SMILES string of the molecule is [Ag].[Cu].[In].[Zn]. The van der Waals surface area contributed by atoms with Crippen molar-refractivity contribution in [3.05, 3.63) is 0 Å². The van der Waals surface area contributed by atoms with Gasteiger partial charge in [0.25, 0.3) is 0 Å². The van der Waals surface area contributed by atoms with E-state index >= 15 is 0 Å². The first-order chi connectivity index (χ1) is 0. The Morgan fingerprint density at radius 3 is 1.00 bits per heavy atom. The molecule has 0 aromatic rings. The fourth-order valence-corrected chi connectivity index (χ4v) is 0. The predicted octanol–water partition coefficient (Wildman–Crippen LogP) is -0.388. The van der Waals surface area contributed by atoms with Gasteiger partial charge in [-0.1, -0.05) is 0 Å². The minimum atomic E-state index is 0. The summed E-state index contributed by atoms with van der Waals surface area (Å²) in [6.45, 7) is 0. The van der Waals surface area contributed by atoms with Gasteiger partial charge in [0, 0.05) is 84.8 Å². The van der Waals surface area contributed by atoms with Crippen LogP contribution in [0.25, 0.3) is 0 Å². The molecule has 27 valence electrons. The normalized spacial score (nSPS) is 0. The van der Waals surface area contributed by atoms with Gasteiger partial charge in [0.15, 0.2) is 0 Å². The monoisotopic (exact) mass is 349 g/mol. The van der Waals surface area contributed by atoms with Crippen molar-refractivity contribution < 1.29 is 58.9 Å². The van der Waals surface area contributed by atoms with Crippen LogP contribution in [0.2, 0.25) is 0 Å². The molecule has 0 spiro atoms. The minimum Gasteiger partial charge on any atom is 0 e. The van der Waals surface area contributed by atoms with Gasteiger partial charge in [-0.15, -0.1) is 0 Å². The smallest absolute Gasteiger partial charge is 0 e. The van der Waals surface area contributed by atoms with Crippen molar-refractivity contribution in [2.75, 3.05) is 0 Å². The van der Waals surface area contributed by atoms with Gasteiger partial charge in [0.2, 0.25) is 0 Å². The van der Waals surface area contributed by atoms with Crippen molar-refractivity contribution in [3.8, 4) is 0 Å². The van der Waals surface area contributed by atoms with Gasteiger partial charge >= 0.3 is 0 Å². The van der Waals surface area contributed by atoms with Gasteiger partial charge in [0.05, 0.1) is 0 Å². The molecule has 0 unspecified atom stereocenters. The predicted molar refractivity (Wildman–Crippen MR) is 5.75 cm³/mol. The fourth-order valence-electron chi connectivity index (χ4n) is 0. The van der Waals surface area contributed by atoms with E-state index in [-0.39, 0.29) is 84.8 Å². The van der Waals surface area contributed by atoms with Gasteiger partial charge in [-0.2, -0.15) is 0 Å². The second-order valence-corrected chi connectivity index (χ2v) is 0. The summed E-state index contributed by atoms with van der Waals surface area (Å²) in [5.41, 5.74) is 0. The van der Waals surface area contributed by atoms with Crippen LogP contribution in [-0.2, 0) is 58.9 Å². The Morgan fingerprint density at radius 2 is 1.00 bits per heavy atom. The Kier molecular flexibility index (Phi) is 126. The number of hydrogen-bond donors (Lipinski definition) is 0. The molecule has 0 bridgehead atoms. The van der Waals surface area contributed by atoms with E-state index in [1.54, 1.807) is 0 Å². The van der Waals surface area contributed by atoms with E-state index in [4.69, 9.17) is 0 Å². The fraction of sp³-hybridized carbons (Fsp3) is 0. The zero-order valence-electron chi connectivity index (χ0n) is 1.89. The van der Waals surface area contributed by atoms with E-state index < -0.39 is 0 Å². The molecule has 0 atom stereocenters. The van der Waals surface area contributed by atoms with Gasteiger partial charge in [-0.25, -0.2) is 0 Å². The molecule has 4 heteroatoms.